The maximum atomic E-state index is 12.9. The number of rotatable bonds is 3. The summed E-state index contributed by atoms with van der Waals surface area (Å²) in [6.45, 7) is 3.95. The Morgan fingerprint density at radius 1 is 1.09 bits per heavy atom. The van der Waals surface area contributed by atoms with Crippen molar-refractivity contribution in [2.24, 2.45) is 5.92 Å². The van der Waals surface area contributed by atoms with Crippen LogP contribution in [0, 0.1) is 5.92 Å². The molecule has 114 valence electrons. The van der Waals surface area contributed by atoms with E-state index in [1.807, 2.05) is 44.2 Å². The number of urea groups is 1. The third-order valence-electron chi connectivity index (χ3n) is 4.05. The van der Waals surface area contributed by atoms with Crippen molar-refractivity contribution < 1.29 is 9.59 Å². The first kappa shape index (κ1) is 14.6. The minimum atomic E-state index is -0.443. The molecule has 0 spiro atoms. The minimum Gasteiger partial charge on any atom is -0.281 e. The Bertz CT molecular complexity index is 646. The van der Waals surface area contributed by atoms with Crippen LogP contribution in [0.3, 0.4) is 0 Å². The van der Waals surface area contributed by atoms with Crippen molar-refractivity contribution in [1.29, 1.82) is 0 Å². The van der Waals surface area contributed by atoms with E-state index in [-0.39, 0.29) is 17.9 Å². The average molecular weight is 296 g/mol. The Balaban J connectivity index is 2.02. The molecule has 0 radical (unpaired) electrons. The summed E-state index contributed by atoms with van der Waals surface area (Å²) in [4.78, 5) is 28.7. The lowest BCUT2D eigenvalue weighted by molar-refractivity contribution is -0.120. The Labute approximate surface area is 130 Å². The monoisotopic (exact) mass is 296 g/mol. The molecular weight excluding hydrogens is 276 g/mol. The Morgan fingerprint density at radius 3 is 2.41 bits per heavy atom. The molecule has 3 amide bonds. The van der Waals surface area contributed by atoms with Gasteiger partial charge in [-0.1, -0.05) is 44.2 Å². The Morgan fingerprint density at radius 2 is 1.82 bits per heavy atom. The highest BCUT2D eigenvalue weighted by Gasteiger charge is 2.48. The van der Waals surface area contributed by atoms with Gasteiger partial charge in [0.15, 0.2) is 0 Å². The summed E-state index contributed by atoms with van der Waals surface area (Å²) in [7, 11) is 0. The molecule has 4 heteroatoms. The van der Waals surface area contributed by atoms with Gasteiger partial charge in [0.05, 0.1) is 5.69 Å². The zero-order chi connectivity index (χ0) is 15.7. The summed E-state index contributed by atoms with van der Waals surface area (Å²) >= 11 is 0. The SMILES string of the molecule is CC(C)[C@H]1C(=O)N(c2ccccc2)C(=O)N1C1=CCCC=C1. The van der Waals surface area contributed by atoms with Crippen LogP contribution in [-0.2, 0) is 4.79 Å². The lowest BCUT2D eigenvalue weighted by Gasteiger charge is -2.26. The van der Waals surface area contributed by atoms with Gasteiger partial charge in [-0.05, 0) is 37.0 Å². The van der Waals surface area contributed by atoms with Gasteiger partial charge in [-0.3, -0.25) is 9.69 Å². The fourth-order valence-electron chi connectivity index (χ4n) is 3.01. The molecular formula is C18H20N2O2. The average Bonchev–Trinajstić information content (AvgIpc) is 2.80. The van der Waals surface area contributed by atoms with E-state index in [1.54, 1.807) is 17.0 Å². The molecule has 1 saturated heterocycles. The van der Waals surface area contributed by atoms with Crippen LogP contribution in [-0.4, -0.2) is 22.9 Å². The summed E-state index contributed by atoms with van der Waals surface area (Å²) in [6, 6.07) is 8.43. The van der Waals surface area contributed by atoms with Gasteiger partial charge in [0, 0.05) is 5.70 Å². The molecule has 4 nitrogen and oxygen atoms in total. The fourth-order valence-corrected chi connectivity index (χ4v) is 3.01. The van der Waals surface area contributed by atoms with Gasteiger partial charge in [0.1, 0.15) is 6.04 Å². The molecule has 3 rings (SSSR count). The molecule has 2 aliphatic rings. The fraction of sp³-hybridized carbons (Fsp3) is 0.333. The topological polar surface area (TPSA) is 40.6 Å². The second kappa shape index (κ2) is 5.79. The van der Waals surface area contributed by atoms with Crippen LogP contribution >= 0.6 is 0 Å². The predicted molar refractivity (Wildman–Crippen MR) is 86.2 cm³/mol. The van der Waals surface area contributed by atoms with Crippen molar-refractivity contribution in [1.82, 2.24) is 4.90 Å². The minimum absolute atomic E-state index is 0.0568. The van der Waals surface area contributed by atoms with E-state index in [2.05, 4.69) is 6.08 Å². The van der Waals surface area contributed by atoms with Gasteiger partial charge >= 0.3 is 6.03 Å². The van der Waals surface area contributed by atoms with E-state index >= 15 is 0 Å². The van der Waals surface area contributed by atoms with E-state index in [9.17, 15) is 9.59 Å². The van der Waals surface area contributed by atoms with Crippen LogP contribution in [0.1, 0.15) is 26.7 Å². The normalized spacial score (nSPS) is 21.8. The van der Waals surface area contributed by atoms with Gasteiger partial charge in [-0.15, -0.1) is 0 Å². The van der Waals surface area contributed by atoms with Crippen LogP contribution in [0.4, 0.5) is 10.5 Å². The van der Waals surface area contributed by atoms with E-state index < -0.39 is 6.04 Å². The Kier molecular flexibility index (Phi) is 3.84. The van der Waals surface area contributed by atoms with Crippen molar-refractivity contribution in [3.8, 4) is 0 Å². The molecule has 0 bridgehead atoms. The number of hydrogen-bond donors (Lipinski definition) is 0. The number of carbonyl (C=O) groups excluding carboxylic acids is 2. The van der Waals surface area contributed by atoms with Gasteiger partial charge in [0.2, 0.25) is 0 Å². The van der Waals surface area contributed by atoms with Crippen molar-refractivity contribution in [3.63, 3.8) is 0 Å². The van der Waals surface area contributed by atoms with Gasteiger partial charge < -0.3 is 0 Å². The molecule has 1 aromatic rings. The number of benzene rings is 1. The van der Waals surface area contributed by atoms with E-state index in [0.717, 1.165) is 18.5 Å². The number of nitrogens with zero attached hydrogens (tertiary/aromatic N) is 2. The first-order valence-corrected chi connectivity index (χ1v) is 7.70. The number of para-hydroxylation sites is 1. The van der Waals surface area contributed by atoms with Crippen LogP contribution in [0.15, 0.2) is 54.3 Å². The molecule has 1 aromatic carbocycles. The van der Waals surface area contributed by atoms with Crippen LogP contribution in [0.5, 0.6) is 0 Å². The number of allylic oxidation sites excluding steroid dienone is 3. The van der Waals surface area contributed by atoms with Crippen molar-refractivity contribution >= 4 is 17.6 Å². The second-order valence-corrected chi connectivity index (χ2v) is 5.96. The third-order valence-corrected chi connectivity index (χ3v) is 4.05. The number of hydrogen-bond acceptors (Lipinski definition) is 2. The van der Waals surface area contributed by atoms with Gasteiger partial charge in [-0.2, -0.15) is 0 Å². The molecule has 1 aliphatic heterocycles. The van der Waals surface area contributed by atoms with Gasteiger partial charge in [-0.25, -0.2) is 9.69 Å². The van der Waals surface area contributed by atoms with Crippen LogP contribution in [0.25, 0.3) is 0 Å². The molecule has 0 unspecified atom stereocenters. The molecule has 0 saturated carbocycles. The summed E-state index contributed by atoms with van der Waals surface area (Å²) in [6.07, 6.45) is 7.91. The molecule has 1 aliphatic carbocycles. The first-order chi connectivity index (χ1) is 10.6. The molecule has 1 atom stereocenters. The van der Waals surface area contributed by atoms with Crippen molar-refractivity contribution in [2.45, 2.75) is 32.7 Å². The number of imide groups is 1. The third kappa shape index (κ3) is 2.34. The maximum Gasteiger partial charge on any atom is 0.336 e. The Hall–Kier alpha value is -2.36. The maximum absolute atomic E-state index is 12.9. The van der Waals surface area contributed by atoms with Crippen molar-refractivity contribution in [3.05, 3.63) is 54.3 Å². The first-order valence-electron chi connectivity index (χ1n) is 7.70. The highest BCUT2D eigenvalue weighted by atomic mass is 16.2. The highest BCUT2D eigenvalue weighted by molar-refractivity contribution is 6.22. The molecule has 1 fully saturated rings. The summed E-state index contributed by atoms with van der Waals surface area (Å²) in [5, 5.41) is 0. The predicted octanol–water partition coefficient (Wildman–Crippen LogP) is 3.71. The molecule has 0 aromatic heterocycles. The molecule has 1 heterocycles. The number of amides is 3. The number of anilines is 1. The molecule has 0 N–H and O–H groups in total. The standard InChI is InChI=1S/C18H20N2O2/c1-13(2)16-17(21)20(15-11-7-4-8-12-15)18(22)19(16)14-9-5-3-6-10-14/h4-5,7-13,16H,3,6H2,1-2H3/t16-/m0/s1. The van der Waals surface area contributed by atoms with Crippen LogP contribution < -0.4 is 4.90 Å². The summed E-state index contributed by atoms with van der Waals surface area (Å²) in [5.41, 5.74) is 1.47. The summed E-state index contributed by atoms with van der Waals surface area (Å²) in [5.74, 6) is -0.0903. The van der Waals surface area contributed by atoms with Crippen molar-refractivity contribution in [2.75, 3.05) is 4.90 Å². The second-order valence-electron chi connectivity index (χ2n) is 5.96. The smallest absolute Gasteiger partial charge is 0.281 e. The van der Waals surface area contributed by atoms with Gasteiger partial charge in [0.25, 0.3) is 5.91 Å². The lowest BCUT2D eigenvalue weighted by Crippen LogP contribution is -2.38. The zero-order valence-corrected chi connectivity index (χ0v) is 12.9. The largest absolute Gasteiger partial charge is 0.336 e. The lowest BCUT2D eigenvalue weighted by atomic mass is 10.0. The zero-order valence-electron chi connectivity index (χ0n) is 12.9. The summed E-state index contributed by atoms with van der Waals surface area (Å²) < 4.78 is 0. The number of carbonyl (C=O) groups is 2. The molecule has 22 heavy (non-hydrogen) atoms. The highest BCUT2D eigenvalue weighted by Crippen LogP contribution is 2.32. The van der Waals surface area contributed by atoms with E-state index in [4.69, 9.17) is 0 Å². The van der Waals surface area contributed by atoms with Crippen LogP contribution in [0.2, 0.25) is 0 Å². The quantitative estimate of drug-likeness (QED) is 0.798. The van der Waals surface area contributed by atoms with E-state index in [1.165, 1.54) is 4.90 Å². The van der Waals surface area contributed by atoms with E-state index in [0.29, 0.717) is 5.69 Å².